The summed E-state index contributed by atoms with van der Waals surface area (Å²) in [7, 11) is 0. The van der Waals surface area contributed by atoms with Gasteiger partial charge in [-0.25, -0.2) is 0 Å². The van der Waals surface area contributed by atoms with Gasteiger partial charge in [0.15, 0.2) is 0 Å². The van der Waals surface area contributed by atoms with Crippen molar-refractivity contribution in [1.82, 2.24) is 4.98 Å². The van der Waals surface area contributed by atoms with E-state index in [9.17, 15) is 10.1 Å². The summed E-state index contributed by atoms with van der Waals surface area (Å²) in [6.07, 6.45) is 1.70. The Bertz CT molecular complexity index is 584. The number of nitro groups is 1. The van der Waals surface area contributed by atoms with E-state index in [1.165, 1.54) is 12.1 Å². The third kappa shape index (κ3) is 3.35. The van der Waals surface area contributed by atoms with Gasteiger partial charge >= 0.3 is 0 Å². The van der Waals surface area contributed by atoms with Crippen LogP contribution in [-0.4, -0.2) is 16.5 Å². The van der Waals surface area contributed by atoms with Crippen LogP contribution in [0.15, 0.2) is 42.5 Å². The van der Waals surface area contributed by atoms with Crippen LogP contribution in [0.5, 0.6) is 0 Å². The fourth-order valence-electron chi connectivity index (χ4n) is 1.84. The van der Waals surface area contributed by atoms with E-state index in [4.69, 9.17) is 5.73 Å². The first-order valence-corrected chi connectivity index (χ1v) is 6.11. The molecule has 5 heteroatoms. The smallest absolute Gasteiger partial charge is 0.270 e. The molecule has 0 spiro atoms. The molecule has 0 radical (unpaired) electrons. The highest BCUT2D eigenvalue weighted by molar-refractivity contribution is 5.62. The van der Waals surface area contributed by atoms with E-state index in [0.717, 1.165) is 29.8 Å². The second kappa shape index (κ2) is 6.06. The third-order valence-electron chi connectivity index (χ3n) is 2.80. The molecular formula is C14H15N3O2. The van der Waals surface area contributed by atoms with Gasteiger partial charge in [-0.15, -0.1) is 0 Å². The summed E-state index contributed by atoms with van der Waals surface area (Å²) in [6, 6.07) is 12.2. The first kappa shape index (κ1) is 13.2. The highest BCUT2D eigenvalue weighted by Gasteiger charge is 2.08. The average Bonchev–Trinajstić information content (AvgIpc) is 2.45. The number of pyridine rings is 1. The number of nitrogens with two attached hydrogens (primary N) is 1. The zero-order valence-electron chi connectivity index (χ0n) is 10.5. The normalized spacial score (nSPS) is 10.4. The number of nitrogens with zero attached hydrogens (tertiary/aromatic N) is 2. The molecule has 1 aromatic heterocycles. The zero-order chi connectivity index (χ0) is 13.7. The standard InChI is InChI=1S/C14H15N3O2/c15-9-3-6-12-5-2-8-14(16-12)11-4-1-7-13(10-11)17(18)19/h1-2,4-5,7-8,10H,3,6,9,15H2. The fourth-order valence-corrected chi connectivity index (χ4v) is 1.84. The van der Waals surface area contributed by atoms with Crippen molar-refractivity contribution < 1.29 is 4.92 Å². The van der Waals surface area contributed by atoms with Gasteiger partial charge in [0, 0.05) is 23.4 Å². The van der Waals surface area contributed by atoms with Crippen LogP contribution in [0.3, 0.4) is 0 Å². The Labute approximate surface area is 111 Å². The number of non-ortho nitro benzene ring substituents is 1. The monoisotopic (exact) mass is 257 g/mol. The Morgan fingerprint density at radius 2 is 2.00 bits per heavy atom. The fraction of sp³-hybridized carbons (Fsp3) is 0.214. The van der Waals surface area contributed by atoms with Crippen LogP contribution in [0.25, 0.3) is 11.3 Å². The lowest BCUT2D eigenvalue weighted by molar-refractivity contribution is -0.384. The van der Waals surface area contributed by atoms with Crippen molar-refractivity contribution in [3.63, 3.8) is 0 Å². The average molecular weight is 257 g/mol. The van der Waals surface area contributed by atoms with E-state index in [1.54, 1.807) is 6.07 Å². The van der Waals surface area contributed by atoms with Gasteiger partial charge in [0.05, 0.1) is 10.6 Å². The van der Waals surface area contributed by atoms with Crippen molar-refractivity contribution in [3.05, 3.63) is 58.3 Å². The van der Waals surface area contributed by atoms with E-state index in [-0.39, 0.29) is 5.69 Å². The number of benzene rings is 1. The molecule has 0 saturated carbocycles. The summed E-state index contributed by atoms with van der Waals surface area (Å²) < 4.78 is 0. The van der Waals surface area contributed by atoms with E-state index >= 15 is 0 Å². The van der Waals surface area contributed by atoms with Crippen molar-refractivity contribution in [2.24, 2.45) is 5.73 Å². The summed E-state index contributed by atoms with van der Waals surface area (Å²) in [4.78, 5) is 14.9. The van der Waals surface area contributed by atoms with Gasteiger partial charge < -0.3 is 5.73 Å². The van der Waals surface area contributed by atoms with E-state index in [0.29, 0.717) is 6.54 Å². The van der Waals surface area contributed by atoms with Crippen molar-refractivity contribution in [1.29, 1.82) is 0 Å². The van der Waals surface area contributed by atoms with Crippen molar-refractivity contribution in [2.45, 2.75) is 12.8 Å². The van der Waals surface area contributed by atoms with Gasteiger partial charge in [-0.1, -0.05) is 18.2 Å². The van der Waals surface area contributed by atoms with Crippen LogP contribution in [0, 0.1) is 10.1 Å². The topological polar surface area (TPSA) is 82.0 Å². The minimum absolute atomic E-state index is 0.0756. The maximum absolute atomic E-state index is 10.8. The van der Waals surface area contributed by atoms with E-state index in [2.05, 4.69) is 4.98 Å². The molecule has 98 valence electrons. The summed E-state index contributed by atoms with van der Waals surface area (Å²) in [5, 5.41) is 10.8. The van der Waals surface area contributed by atoms with E-state index < -0.39 is 4.92 Å². The van der Waals surface area contributed by atoms with Gasteiger partial charge in [0.1, 0.15) is 0 Å². The van der Waals surface area contributed by atoms with Crippen molar-refractivity contribution >= 4 is 5.69 Å². The number of nitro benzene ring substituents is 1. The molecular weight excluding hydrogens is 242 g/mol. The molecule has 0 bridgehead atoms. The molecule has 0 aliphatic carbocycles. The Balaban J connectivity index is 2.30. The third-order valence-corrected chi connectivity index (χ3v) is 2.80. The molecule has 0 unspecified atom stereocenters. The molecule has 1 heterocycles. The minimum atomic E-state index is -0.401. The first-order valence-electron chi connectivity index (χ1n) is 6.11. The van der Waals surface area contributed by atoms with Crippen LogP contribution >= 0.6 is 0 Å². The molecule has 19 heavy (non-hydrogen) atoms. The van der Waals surface area contributed by atoms with E-state index in [1.807, 2.05) is 24.3 Å². The highest BCUT2D eigenvalue weighted by Crippen LogP contribution is 2.22. The molecule has 5 nitrogen and oxygen atoms in total. The lowest BCUT2D eigenvalue weighted by atomic mass is 10.1. The SMILES string of the molecule is NCCCc1cccc(-c2cccc([N+](=O)[O-])c2)n1. The molecule has 0 aliphatic heterocycles. The predicted molar refractivity (Wildman–Crippen MR) is 73.7 cm³/mol. The number of aromatic nitrogens is 1. The van der Waals surface area contributed by atoms with Gasteiger partial charge in [-0.05, 0) is 31.5 Å². The van der Waals surface area contributed by atoms with Crippen LogP contribution in [-0.2, 0) is 6.42 Å². The van der Waals surface area contributed by atoms with Gasteiger partial charge in [0.25, 0.3) is 5.69 Å². The van der Waals surface area contributed by atoms with Crippen LogP contribution in [0.2, 0.25) is 0 Å². The number of rotatable bonds is 5. The highest BCUT2D eigenvalue weighted by atomic mass is 16.6. The molecule has 0 amide bonds. The number of hydrogen-bond acceptors (Lipinski definition) is 4. The van der Waals surface area contributed by atoms with Gasteiger partial charge in [-0.3, -0.25) is 15.1 Å². The summed E-state index contributed by atoms with van der Waals surface area (Å²) >= 11 is 0. The lowest BCUT2D eigenvalue weighted by Crippen LogP contribution is -2.01. The molecule has 2 rings (SSSR count). The first-order chi connectivity index (χ1) is 9.20. The second-order valence-electron chi connectivity index (χ2n) is 4.21. The molecule has 0 atom stereocenters. The van der Waals surface area contributed by atoms with Crippen LogP contribution in [0.4, 0.5) is 5.69 Å². The summed E-state index contributed by atoms with van der Waals surface area (Å²) in [5.41, 5.74) is 8.01. The van der Waals surface area contributed by atoms with Crippen molar-refractivity contribution in [3.8, 4) is 11.3 Å². The summed E-state index contributed by atoms with van der Waals surface area (Å²) in [6.45, 7) is 0.628. The van der Waals surface area contributed by atoms with Gasteiger partial charge in [-0.2, -0.15) is 0 Å². The lowest BCUT2D eigenvalue weighted by Gasteiger charge is -2.04. The Hall–Kier alpha value is -2.27. The molecule has 1 aromatic carbocycles. The Morgan fingerprint density at radius 3 is 2.74 bits per heavy atom. The van der Waals surface area contributed by atoms with Gasteiger partial charge in [0.2, 0.25) is 0 Å². The maximum atomic E-state index is 10.8. The molecule has 0 fully saturated rings. The summed E-state index contributed by atoms with van der Waals surface area (Å²) in [5.74, 6) is 0. The Morgan fingerprint density at radius 1 is 1.21 bits per heavy atom. The molecule has 2 aromatic rings. The number of hydrogen-bond donors (Lipinski definition) is 1. The predicted octanol–water partition coefficient (Wildman–Crippen LogP) is 2.55. The van der Waals surface area contributed by atoms with Crippen LogP contribution < -0.4 is 5.73 Å². The second-order valence-corrected chi connectivity index (χ2v) is 4.21. The van der Waals surface area contributed by atoms with Crippen molar-refractivity contribution in [2.75, 3.05) is 6.54 Å². The largest absolute Gasteiger partial charge is 0.330 e. The number of aryl methyl sites for hydroxylation is 1. The maximum Gasteiger partial charge on any atom is 0.270 e. The van der Waals surface area contributed by atoms with Crippen LogP contribution in [0.1, 0.15) is 12.1 Å². The molecule has 0 saturated heterocycles. The zero-order valence-corrected chi connectivity index (χ0v) is 10.5. The minimum Gasteiger partial charge on any atom is -0.330 e. The Kier molecular flexibility index (Phi) is 4.20. The quantitative estimate of drug-likeness (QED) is 0.659. The molecule has 0 aliphatic rings. The molecule has 2 N–H and O–H groups in total.